The predicted molar refractivity (Wildman–Crippen MR) is 68.3 cm³/mol. The van der Waals surface area contributed by atoms with Crippen molar-refractivity contribution in [3.8, 4) is 0 Å². The van der Waals surface area contributed by atoms with Gasteiger partial charge in [0.05, 0.1) is 10.6 Å². The highest BCUT2D eigenvalue weighted by molar-refractivity contribution is 7.09. The van der Waals surface area contributed by atoms with Crippen LogP contribution in [0.4, 0.5) is 19.0 Å². The van der Waals surface area contributed by atoms with Gasteiger partial charge in [-0.15, -0.1) is 11.3 Å². The minimum atomic E-state index is -4.35. The summed E-state index contributed by atoms with van der Waals surface area (Å²) >= 11 is 1.52. The maximum Gasteiger partial charge on any atom is 0.416 e. The first kappa shape index (κ1) is 13.8. The number of nitrogens with one attached hydrogen (secondary N) is 1. The summed E-state index contributed by atoms with van der Waals surface area (Å²) in [7, 11) is 0. The van der Waals surface area contributed by atoms with Crippen LogP contribution >= 0.6 is 11.3 Å². The molecule has 3 nitrogen and oxygen atoms in total. The number of anilines is 1. The highest BCUT2D eigenvalue weighted by Crippen LogP contribution is 2.30. The molecule has 0 saturated carbocycles. The van der Waals surface area contributed by atoms with Crippen molar-refractivity contribution in [1.82, 2.24) is 9.97 Å². The lowest BCUT2D eigenvalue weighted by molar-refractivity contribution is -0.137. The number of hydrogen-bond acceptors (Lipinski definition) is 4. The Hall–Kier alpha value is -1.63. The summed E-state index contributed by atoms with van der Waals surface area (Å²) < 4.78 is 37.6. The molecular formula is C12H12F3N3S. The molecule has 0 saturated heterocycles. The van der Waals surface area contributed by atoms with Crippen molar-refractivity contribution in [2.75, 3.05) is 11.9 Å². The van der Waals surface area contributed by atoms with Crippen molar-refractivity contribution in [1.29, 1.82) is 0 Å². The number of nitrogens with zero attached hydrogens (tertiary/aromatic N) is 2. The minimum absolute atomic E-state index is 0.122. The smallest absolute Gasteiger partial charge is 0.369 e. The van der Waals surface area contributed by atoms with Gasteiger partial charge in [-0.25, -0.2) is 9.97 Å². The molecule has 0 spiro atoms. The van der Waals surface area contributed by atoms with E-state index in [0.717, 1.165) is 23.3 Å². The van der Waals surface area contributed by atoms with E-state index in [-0.39, 0.29) is 11.7 Å². The number of thiazole rings is 1. The fraction of sp³-hybridized carbons (Fsp3) is 0.333. The van der Waals surface area contributed by atoms with E-state index >= 15 is 0 Å². The largest absolute Gasteiger partial charge is 0.416 e. The number of pyridine rings is 1. The first-order valence-corrected chi connectivity index (χ1v) is 6.51. The summed E-state index contributed by atoms with van der Waals surface area (Å²) in [6.45, 7) is 2.45. The van der Waals surface area contributed by atoms with Gasteiger partial charge in [-0.3, -0.25) is 0 Å². The molecule has 2 rings (SSSR count). The second-order valence-electron chi connectivity index (χ2n) is 4.08. The molecule has 1 N–H and O–H groups in total. The Bertz CT molecular complexity index is 525. The van der Waals surface area contributed by atoms with Gasteiger partial charge < -0.3 is 5.32 Å². The Labute approximate surface area is 112 Å². The number of alkyl halides is 3. The van der Waals surface area contributed by atoms with E-state index in [4.69, 9.17) is 0 Å². The van der Waals surface area contributed by atoms with Gasteiger partial charge in [0.15, 0.2) is 0 Å². The average molecular weight is 287 g/mol. The number of hydrogen-bond donors (Lipinski definition) is 1. The van der Waals surface area contributed by atoms with E-state index in [1.54, 1.807) is 6.20 Å². The predicted octanol–water partition coefficient (Wildman–Crippen LogP) is 3.77. The van der Waals surface area contributed by atoms with Crippen LogP contribution in [0.15, 0.2) is 29.9 Å². The zero-order chi connectivity index (χ0) is 13.9. The van der Waals surface area contributed by atoms with Gasteiger partial charge in [0.25, 0.3) is 0 Å². The molecule has 0 aliphatic carbocycles. The Morgan fingerprint density at radius 1 is 1.32 bits per heavy atom. The average Bonchev–Trinajstić information content (AvgIpc) is 2.89. The molecule has 0 bridgehead atoms. The summed E-state index contributed by atoms with van der Waals surface area (Å²) in [5.41, 5.74) is -0.702. The molecule has 0 aliphatic rings. The van der Waals surface area contributed by atoms with E-state index in [2.05, 4.69) is 15.3 Å². The molecule has 0 radical (unpaired) electrons. The summed E-state index contributed by atoms with van der Waals surface area (Å²) in [6, 6.07) is 1.96. The number of halogens is 3. The number of rotatable bonds is 4. The van der Waals surface area contributed by atoms with E-state index in [0.29, 0.717) is 6.54 Å². The Balaban J connectivity index is 2.00. The molecule has 7 heteroatoms. The molecule has 2 heterocycles. The van der Waals surface area contributed by atoms with Crippen molar-refractivity contribution < 1.29 is 13.2 Å². The fourth-order valence-electron chi connectivity index (χ4n) is 1.53. The van der Waals surface area contributed by atoms with Crippen LogP contribution in [0.5, 0.6) is 0 Å². The zero-order valence-corrected chi connectivity index (χ0v) is 10.9. The van der Waals surface area contributed by atoms with E-state index < -0.39 is 11.7 Å². The first-order valence-electron chi connectivity index (χ1n) is 5.63. The summed E-state index contributed by atoms with van der Waals surface area (Å²) in [4.78, 5) is 8.04. The summed E-state index contributed by atoms with van der Waals surface area (Å²) in [6.07, 6.45) is -1.49. The molecule has 2 aromatic rings. The van der Waals surface area contributed by atoms with Crippen molar-refractivity contribution in [2.24, 2.45) is 0 Å². The third-order valence-electron chi connectivity index (χ3n) is 2.55. The van der Waals surface area contributed by atoms with Crippen LogP contribution in [0, 0.1) is 0 Å². The van der Waals surface area contributed by atoms with Gasteiger partial charge in [-0.1, -0.05) is 6.92 Å². The lowest BCUT2D eigenvalue weighted by Crippen LogP contribution is -2.12. The quantitative estimate of drug-likeness (QED) is 0.930. The highest BCUT2D eigenvalue weighted by atomic mass is 32.1. The first-order chi connectivity index (χ1) is 8.97. The van der Waals surface area contributed by atoms with Crippen LogP contribution in [-0.4, -0.2) is 16.5 Å². The van der Waals surface area contributed by atoms with E-state index in [9.17, 15) is 13.2 Å². The fourth-order valence-corrected chi connectivity index (χ4v) is 2.22. The van der Waals surface area contributed by atoms with Crippen LogP contribution in [-0.2, 0) is 6.18 Å². The third kappa shape index (κ3) is 3.66. The molecule has 0 aliphatic heterocycles. The van der Waals surface area contributed by atoms with E-state index in [1.807, 2.05) is 12.3 Å². The Morgan fingerprint density at radius 2 is 2.11 bits per heavy atom. The van der Waals surface area contributed by atoms with Crippen LogP contribution in [0.1, 0.15) is 23.4 Å². The third-order valence-corrected chi connectivity index (χ3v) is 3.56. The van der Waals surface area contributed by atoms with Crippen LogP contribution in [0.25, 0.3) is 0 Å². The lowest BCUT2D eigenvalue weighted by Gasteiger charge is -2.12. The number of aromatic nitrogens is 2. The van der Waals surface area contributed by atoms with E-state index in [1.165, 1.54) is 11.3 Å². The lowest BCUT2D eigenvalue weighted by atomic mass is 10.2. The maximum absolute atomic E-state index is 12.5. The van der Waals surface area contributed by atoms with Gasteiger partial charge in [0.1, 0.15) is 5.82 Å². The second-order valence-corrected chi connectivity index (χ2v) is 5.01. The zero-order valence-electron chi connectivity index (χ0n) is 10.1. The molecule has 2 aromatic heterocycles. The molecule has 102 valence electrons. The maximum atomic E-state index is 12.5. The van der Waals surface area contributed by atoms with Gasteiger partial charge in [-0.05, 0) is 12.1 Å². The van der Waals surface area contributed by atoms with Crippen LogP contribution in [0.2, 0.25) is 0 Å². The topological polar surface area (TPSA) is 37.8 Å². The standard InChI is InChI=1S/C12H12F3N3S/c1-8(11-17-4-5-19-11)7-18-10-6-9(2-3-16-10)12(13,14)15/h2-6,8H,7H2,1H3,(H,16,18). The van der Waals surface area contributed by atoms with Gasteiger partial charge in [-0.2, -0.15) is 13.2 Å². The monoisotopic (exact) mass is 287 g/mol. The van der Waals surface area contributed by atoms with Crippen LogP contribution in [0.3, 0.4) is 0 Å². The van der Waals surface area contributed by atoms with Gasteiger partial charge in [0.2, 0.25) is 0 Å². The minimum Gasteiger partial charge on any atom is -0.369 e. The molecule has 0 aromatic carbocycles. The van der Waals surface area contributed by atoms with Crippen molar-refractivity contribution in [3.63, 3.8) is 0 Å². The van der Waals surface area contributed by atoms with Gasteiger partial charge >= 0.3 is 6.18 Å². The Morgan fingerprint density at radius 3 is 2.74 bits per heavy atom. The van der Waals surface area contributed by atoms with Gasteiger partial charge in [0, 0.05) is 30.2 Å². The molecule has 0 fully saturated rings. The van der Waals surface area contributed by atoms with Crippen molar-refractivity contribution in [3.05, 3.63) is 40.5 Å². The van der Waals surface area contributed by atoms with Crippen LogP contribution < -0.4 is 5.32 Å². The molecule has 1 atom stereocenters. The highest BCUT2D eigenvalue weighted by Gasteiger charge is 2.30. The molecule has 0 amide bonds. The normalized spacial score (nSPS) is 13.3. The summed E-state index contributed by atoms with van der Waals surface area (Å²) in [5, 5.41) is 5.71. The Kier molecular flexibility index (Phi) is 4.04. The summed E-state index contributed by atoms with van der Waals surface area (Å²) in [5.74, 6) is 0.342. The SMILES string of the molecule is CC(CNc1cc(C(F)(F)F)ccn1)c1nccs1. The second kappa shape index (κ2) is 5.56. The molecular weight excluding hydrogens is 275 g/mol. The molecule has 19 heavy (non-hydrogen) atoms. The van der Waals surface area contributed by atoms with Crippen molar-refractivity contribution >= 4 is 17.2 Å². The molecule has 1 unspecified atom stereocenters. The van der Waals surface area contributed by atoms with Crippen molar-refractivity contribution in [2.45, 2.75) is 19.0 Å².